The minimum atomic E-state index is -5.04. The molecule has 1 N–H and O–H groups in total. The third kappa shape index (κ3) is 4.86. The Bertz CT molecular complexity index is 1280. The fourth-order valence-corrected chi connectivity index (χ4v) is 4.65. The Morgan fingerprint density at radius 1 is 1.09 bits per heavy atom. The van der Waals surface area contributed by atoms with E-state index in [1.54, 1.807) is 18.2 Å². The van der Waals surface area contributed by atoms with Gasteiger partial charge in [0.1, 0.15) is 0 Å². The summed E-state index contributed by atoms with van der Waals surface area (Å²) < 4.78 is 87.0. The maximum Gasteiger partial charge on any atom is 0.416 e. The van der Waals surface area contributed by atoms with Gasteiger partial charge in [0, 0.05) is 22.5 Å². The van der Waals surface area contributed by atoms with Crippen molar-refractivity contribution in [2.45, 2.75) is 57.7 Å². The van der Waals surface area contributed by atoms with Crippen molar-refractivity contribution in [2.24, 2.45) is 0 Å². The number of hydrogen-bond acceptors (Lipinski definition) is 2. The number of amides is 1. The highest BCUT2D eigenvalue weighted by atomic mass is 35.5. The van der Waals surface area contributed by atoms with E-state index in [0.717, 1.165) is 5.56 Å². The number of carbonyl (C=O) groups is 1. The number of alkyl halides is 6. The SMILES string of the molecule is CC[C@@H]1OC(C)(C)Cc2c1n(C(=O)Nc1cc(C(F)(F)F)cc(C(F)(F)F)c1)c1ccc(Cl)cc21. The number of halogens is 7. The molecule has 1 aliphatic heterocycles. The number of carbonyl (C=O) groups excluding carboxylic acids is 1. The lowest BCUT2D eigenvalue weighted by Crippen LogP contribution is -2.36. The number of hydrogen-bond donors (Lipinski definition) is 1. The quantitative estimate of drug-likeness (QED) is 0.347. The van der Waals surface area contributed by atoms with Crippen molar-refractivity contribution in [1.82, 2.24) is 4.57 Å². The van der Waals surface area contributed by atoms with Crippen LogP contribution in [0.1, 0.15) is 55.7 Å². The second-order valence-electron chi connectivity index (χ2n) is 9.04. The number of fused-ring (bicyclic) bond motifs is 3. The molecule has 0 saturated carbocycles. The molecule has 1 atom stereocenters. The molecule has 1 aromatic heterocycles. The normalized spacial score (nSPS) is 17.9. The van der Waals surface area contributed by atoms with E-state index < -0.39 is 46.9 Å². The van der Waals surface area contributed by atoms with Crippen LogP contribution in [-0.2, 0) is 23.5 Å². The van der Waals surface area contributed by atoms with Crippen molar-refractivity contribution in [3.05, 3.63) is 63.8 Å². The van der Waals surface area contributed by atoms with Gasteiger partial charge in [-0.25, -0.2) is 4.79 Å². The molecule has 1 aliphatic rings. The number of benzene rings is 2. The highest BCUT2D eigenvalue weighted by Crippen LogP contribution is 2.43. The molecule has 0 radical (unpaired) electrons. The number of ether oxygens (including phenoxy) is 1. The van der Waals surface area contributed by atoms with Crippen LogP contribution in [0.2, 0.25) is 5.02 Å². The molecular weight excluding hydrogens is 498 g/mol. The van der Waals surface area contributed by atoms with E-state index in [9.17, 15) is 31.1 Å². The van der Waals surface area contributed by atoms with Gasteiger partial charge in [0.05, 0.1) is 34.0 Å². The molecular formula is C24H21ClF6N2O2. The first-order chi connectivity index (χ1) is 16.1. The molecule has 0 unspecified atom stereocenters. The molecule has 11 heteroatoms. The topological polar surface area (TPSA) is 43.3 Å². The zero-order valence-electron chi connectivity index (χ0n) is 18.9. The second kappa shape index (κ2) is 8.44. The first-order valence-corrected chi connectivity index (χ1v) is 11.1. The smallest absolute Gasteiger partial charge is 0.366 e. The Morgan fingerprint density at radius 2 is 1.69 bits per heavy atom. The number of anilines is 1. The van der Waals surface area contributed by atoms with Gasteiger partial charge in [-0.3, -0.25) is 4.57 Å². The van der Waals surface area contributed by atoms with E-state index in [4.69, 9.17) is 16.3 Å². The molecule has 188 valence electrons. The molecule has 0 aliphatic carbocycles. The van der Waals surface area contributed by atoms with Crippen molar-refractivity contribution in [1.29, 1.82) is 0 Å². The maximum atomic E-state index is 13.4. The first kappa shape index (κ1) is 25.4. The van der Waals surface area contributed by atoms with E-state index in [1.807, 2.05) is 20.8 Å². The summed E-state index contributed by atoms with van der Waals surface area (Å²) in [5.74, 6) is 0. The Kier molecular flexibility index (Phi) is 6.12. The molecule has 0 saturated heterocycles. The summed E-state index contributed by atoms with van der Waals surface area (Å²) in [6, 6.07) is 4.86. The molecule has 0 spiro atoms. The van der Waals surface area contributed by atoms with Crippen molar-refractivity contribution in [3.63, 3.8) is 0 Å². The molecule has 0 fully saturated rings. The average molecular weight is 519 g/mol. The van der Waals surface area contributed by atoms with Gasteiger partial charge in [0.25, 0.3) is 0 Å². The number of aromatic nitrogens is 1. The van der Waals surface area contributed by atoms with Gasteiger partial charge in [-0.2, -0.15) is 26.3 Å². The Morgan fingerprint density at radius 3 is 2.23 bits per heavy atom. The first-order valence-electron chi connectivity index (χ1n) is 10.7. The second-order valence-corrected chi connectivity index (χ2v) is 9.47. The zero-order chi connectivity index (χ0) is 25.9. The third-order valence-corrected chi connectivity index (χ3v) is 6.09. The summed E-state index contributed by atoms with van der Waals surface area (Å²) in [5.41, 5.74) is -2.54. The van der Waals surface area contributed by atoms with Crippen LogP contribution in [0.3, 0.4) is 0 Å². The summed E-state index contributed by atoms with van der Waals surface area (Å²) in [4.78, 5) is 13.4. The van der Waals surface area contributed by atoms with Gasteiger partial charge < -0.3 is 10.1 Å². The molecule has 2 heterocycles. The predicted octanol–water partition coefficient (Wildman–Crippen LogP) is 8.21. The lowest BCUT2D eigenvalue weighted by atomic mass is 9.90. The minimum Gasteiger partial charge on any atom is -0.366 e. The van der Waals surface area contributed by atoms with Crippen LogP contribution in [0.15, 0.2) is 36.4 Å². The monoisotopic (exact) mass is 518 g/mol. The molecule has 0 bridgehead atoms. The van der Waals surface area contributed by atoms with Crippen LogP contribution in [0, 0.1) is 0 Å². The van der Waals surface area contributed by atoms with Crippen LogP contribution < -0.4 is 5.32 Å². The zero-order valence-corrected chi connectivity index (χ0v) is 19.6. The highest BCUT2D eigenvalue weighted by molar-refractivity contribution is 6.31. The highest BCUT2D eigenvalue weighted by Gasteiger charge is 2.39. The van der Waals surface area contributed by atoms with Crippen molar-refractivity contribution >= 4 is 34.2 Å². The largest absolute Gasteiger partial charge is 0.416 e. The van der Waals surface area contributed by atoms with E-state index >= 15 is 0 Å². The fraction of sp³-hybridized carbons (Fsp3) is 0.375. The van der Waals surface area contributed by atoms with Gasteiger partial charge in [0.2, 0.25) is 0 Å². The lowest BCUT2D eigenvalue weighted by molar-refractivity contribution is -0.143. The predicted molar refractivity (Wildman–Crippen MR) is 120 cm³/mol. The molecule has 2 aromatic carbocycles. The van der Waals surface area contributed by atoms with Crippen LogP contribution in [0.25, 0.3) is 10.9 Å². The minimum absolute atomic E-state index is 0.00756. The standard InChI is InChI=1S/C24H21ClF6N2O2/c1-4-19-20-17(11-22(2,3)35-19)16-10-14(25)5-6-18(16)33(20)21(34)32-15-8-12(23(26,27)28)7-13(9-15)24(29,30)31/h5-10,19H,4,11H2,1-3H3,(H,32,34)/t19-/m0/s1. The number of nitrogens with zero attached hydrogens (tertiary/aromatic N) is 1. The molecule has 4 rings (SSSR count). The van der Waals surface area contributed by atoms with Gasteiger partial charge in [0.15, 0.2) is 0 Å². The molecule has 3 aromatic rings. The number of nitrogens with one attached hydrogen (secondary N) is 1. The molecule has 4 nitrogen and oxygen atoms in total. The summed E-state index contributed by atoms with van der Waals surface area (Å²) in [6.45, 7) is 5.65. The fourth-order valence-electron chi connectivity index (χ4n) is 4.48. The van der Waals surface area contributed by atoms with E-state index in [0.29, 0.717) is 46.6 Å². The lowest BCUT2D eigenvalue weighted by Gasteiger charge is -2.36. The average Bonchev–Trinajstić information content (AvgIpc) is 3.04. The molecule has 35 heavy (non-hydrogen) atoms. The van der Waals surface area contributed by atoms with Crippen molar-refractivity contribution < 1.29 is 35.9 Å². The van der Waals surface area contributed by atoms with Crippen LogP contribution >= 0.6 is 11.6 Å². The summed E-state index contributed by atoms with van der Waals surface area (Å²) in [6.07, 6.45) is -9.70. The summed E-state index contributed by atoms with van der Waals surface area (Å²) >= 11 is 6.19. The third-order valence-electron chi connectivity index (χ3n) is 5.86. The Labute approximate surface area is 201 Å². The van der Waals surface area contributed by atoms with Gasteiger partial charge in [-0.05, 0) is 62.2 Å². The van der Waals surface area contributed by atoms with Crippen molar-refractivity contribution in [2.75, 3.05) is 5.32 Å². The van der Waals surface area contributed by atoms with Crippen LogP contribution in [0.4, 0.5) is 36.8 Å². The Balaban J connectivity index is 1.87. The summed E-state index contributed by atoms with van der Waals surface area (Å²) in [7, 11) is 0. The maximum absolute atomic E-state index is 13.4. The van der Waals surface area contributed by atoms with Crippen LogP contribution in [-0.4, -0.2) is 16.2 Å². The van der Waals surface area contributed by atoms with E-state index in [-0.39, 0.29) is 6.07 Å². The van der Waals surface area contributed by atoms with Crippen molar-refractivity contribution in [3.8, 4) is 0 Å². The summed E-state index contributed by atoms with van der Waals surface area (Å²) in [5, 5.41) is 3.31. The Hall–Kier alpha value is -2.72. The van der Waals surface area contributed by atoms with Gasteiger partial charge in [-0.15, -0.1) is 0 Å². The van der Waals surface area contributed by atoms with Gasteiger partial charge in [-0.1, -0.05) is 18.5 Å². The molecule has 1 amide bonds. The van der Waals surface area contributed by atoms with Gasteiger partial charge >= 0.3 is 18.4 Å². The van der Waals surface area contributed by atoms with Crippen LogP contribution in [0.5, 0.6) is 0 Å². The van der Waals surface area contributed by atoms with E-state index in [2.05, 4.69) is 5.32 Å². The van der Waals surface area contributed by atoms with E-state index in [1.165, 1.54) is 4.57 Å². The number of rotatable bonds is 2.